The molecule has 0 bridgehead atoms. The quantitative estimate of drug-likeness (QED) is 0.586. The average molecular weight is 138 g/mol. The van der Waals surface area contributed by atoms with Crippen LogP contribution in [0.2, 0.25) is 0 Å². The van der Waals surface area contributed by atoms with Crippen LogP contribution in [-0.2, 0) is 13.2 Å². The van der Waals surface area contributed by atoms with Gasteiger partial charge in [-0.15, -0.1) is 5.10 Å². The molecule has 0 aliphatic heterocycles. The number of nitrogens with zero attached hydrogens (tertiary/aromatic N) is 4. The SMILES string of the molecule is N#CCn1cc(CO)nn1. The van der Waals surface area contributed by atoms with E-state index in [4.69, 9.17) is 10.4 Å². The van der Waals surface area contributed by atoms with E-state index in [0.717, 1.165) is 0 Å². The maximum Gasteiger partial charge on any atom is 0.129 e. The molecule has 5 nitrogen and oxygen atoms in total. The third kappa shape index (κ3) is 1.30. The summed E-state index contributed by atoms with van der Waals surface area (Å²) in [6.45, 7) is 0.0401. The van der Waals surface area contributed by atoms with Gasteiger partial charge in [0.15, 0.2) is 0 Å². The maximum absolute atomic E-state index is 8.52. The Hall–Kier alpha value is -1.41. The molecule has 0 radical (unpaired) electrons. The highest BCUT2D eigenvalue weighted by atomic mass is 16.3. The molecule has 0 amide bonds. The lowest BCUT2D eigenvalue weighted by Gasteiger charge is -1.84. The van der Waals surface area contributed by atoms with Crippen molar-refractivity contribution in [3.05, 3.63) is 11.9 Å². The van der Waals surface area contributed by atoms with Gasteiger partial charge in [-0.3, -0.25) is 0 Å². The highest BCUT2D eigenvalue weighted by molar-refractivity contribution is 4.90. The second-order valence-corrected chi connectivity index (χ2v) is 1.72. The molecule has 0 aromatic carbocycles. The van der Waals surface area contributed by atoms with E-state index in [9.17, 15) is 0 Å². The molecule has 1 aromatic heterocycles. The fourth-order valence-electron chi connectivity index (χ4n) is 0.561. The molecule has 5 heteroatoms. The number of nitriles is 1. The lowest BCUT2D eigenvalue weighted by molar-refractivity contribution is 0.276. The Kier molecular flexibility index (Phi) is 1.97. The minimum absolute atomic E-state index is 0.134. The minimum atomic E-state index is -0.134. The van der Waals surface area contributed by atoms with Gasteiger partial charge in [-0.2, -0.15) is 5.26 Å². The number of aliphatic hydroxyl groups excluding tert-OH is 1. The Morgan fingerprint density at radius 2 is 2.60 bits per heavy atom. The summed E-state index contributed by atoms with van der Waals surface area (Å²) in [6, 6.07) is 1.90. The molecule has 0 aliphatic rings. The molecular weight excluding hydrogens is 132 g/mol. The molecule has 1 aromatic rings. The highest BCUT2D eigenvalue weighted by Crippen LogP contribution is 1.90. The normalized spacial score (nSPS) is 9.20. The second-order valence-electron chi connectivity index (χ2n) is 1.72. The van der Waals surface area contributed by atoms with E-state index in [0.29, 0.717) is 5.69 Å². The van der Waals surface area contributed by atoms with Gasteiger partial charge in [-0.25, -0.2) is 4.68 Å². The zero-order valence-electron chi connectivity index (χ0n) is 5.23. The molecule has 0 saturated heterocycles. The van der Waals surface area contributed by atoms with Crippen molar-refractivity contribution < 1.29 is 5.11 Å². The van der Waals surface area contributed by atoms with E-state index in [1.165, 1.54) is 10.9 Å². The van der Waals surface area contributed by atoms with Crippen molar-refractivity contribution in [1.82, 2.24) is 15.0 Å². The van der Waals surface area contributed by atoms with Gasteiger partial charge in [-0.1, -0.05) is 5.21 Å². The summed E-state index contributed by atoms with van der Waals surface area (Å²) in [6.07, 6.45) is 1.53. The molecule has 0 aliphatic carbocycles. The summed E-state index contributed by atoms with van der Waals surface area (Å²) in [7, 11) is 0. The number of aliphatic hydroxyl groups is 1. The molecule has 1 heterocycles. The average Bonchev–Trinajstić information content (AvgIpc) is 2.37. The molecule has 0 unspecified atom stereocenters. The predicted octanol–water partition coefficient (Wildman–Crippen LogP) is -0.706. The number of hydrogen-bond acceptors (Lipinski definition) is 4. The fourth-order valence-corrected chi connectivity index (χ4v) is 0.561. The lowest BCUT2D eigenvalue weighted by atomic mass is 10.5. The van der Waals surface area contributed by atoms with Gasteiger partial charge in [0.05, 0.1) is 18.9 Å². The summed E-state index contributed by atoms with van der Waals surface area (Å²) >= 11 is 0. The Bertz CT molecular complexity index is 248. The van der Waals surface area contributed by atoms with Crippen molar-refractivity contribution in [2.75, 3.05) is 0 Å². The fraction of sp³-hybridized carbons (Fsp3) is 0.400. The molecular formula is C5H6N4O. The van der Waals surface area contributed by atoms with Crippen LogP contribution in [0.25, 0.3) is 0 Å². The first-order chi connectivity index (χ1) is 4.86. The monoisotopic (exact) mass is 138 g/mol. The zero-order chi connectivity index (χ0) is 7.40. The van der Waals surface area contributed by atoms with Crippen molar-refractivity contribution >= 4 is 0 Å². The first kappa shape index (κ1) is 6.71. The topological polar surface area (TPSA) is 74.7 Å². The van der Waals surface area contributed by atoms with Gasteiger partial charge >= 0.3 is 0 Å². The van der Waals surface area contributed by atoms with Gasteiger partial charge in [0.2, 0.25) is 0 Å². The molecule has 0 spiro atoms. The smallest absolute Gasteiger partial charge is 0.129 e. The molecule has 0 saturated carbocycles. The summed E-state index contributed by atoms with van der Waals surface area (Å²) in [5.74, 6) is 0. The maximum atomic E-state index is 8.52. The Labute approximate surface area is 57.5 Å². The van der Waals surface area contributed by atoms with E-state index in [1.54, 1.807) is 0 Å². The van der Waals surface area contributed by atoms with Crippen LogP contribution in [0.3, 0.4) is 0 Å². The Morgan fingerprint density at radius 3 is 3.10 bits per heavy atom. The molecule has 1 N–H and O–H groups in total. The molecule has 0 fully saturated rings. The van der Waals surface area contributed by atoms with Crippen molar-refractivity contribution in [2.45, 2.75) is 13.2 Å². The first-order valence-corrected chi connectivity index (χ1v) is 2.73. The van der Waals surface area contributed by atoms with Gasteiger partial charge in [-0.05, 0) is 0 Å². The highest BCUT2D eigenvalue weighted by Gasteiger charge is 1.95. The van der Waals surface area contributed by atoms with Crippen molar-refractivity contribution in [1.29, 1.82) is 5.26 Å². The third-order valence-electron chi connectivity index (χ3n) is 0.981. The van der Waals surface area contributed by atoms with E-state index in [1.807, 2.05) is 6.07 Å². The van der Waals surface area contributed by atoms with E-state index in [-0.39, 0.29) is 13.2 Å². The number of rotatable bonds is 2. The van der Waals surface area contributed by atoms with Crippen LogP contribution in [0.5, 0.6) is 0 Å². The van der Waals surface area contributed by atoms with Gasteiger partial charge in [0, 0.05) is 0 Å². The number of aromatic nitrogens is 3. The van der Waals surface area contributed by atoms with Crippen LogP contribution in [0, 0.1) is 11.3 Å². The standard InChI is InChI=1S/C5H6N4O/c6-1-2-9-3-5(4-10)7-8-9/h3,10H,2,4H2. The van der Waals surface area contributed by atoms with Crippen LogP contribution in [0.15, 0.2) is 6.20 Å². The second kappa shape index (κ2) is 2.94. The first-order valence-electron chi connectivity index (χ1n) is 2.73. The van der Waals surface area contributed by atoms with Gasteiger partial charge in [0.25, 0.3) is 0 Å². The predicted molar refractivity (Wildman–Crippen MR) is 31.6 cm³/mol. The molecule has 0 atom stereocenters. The molecule has 1 rings (SSSR count). The Morgan fingerprint density at radius 1 is 1.80 bits per heavy atom. The molecule has 52 valence electrons. The van der Waals surface area contributed by atoms with Crippen LogP contribution in [-0.4, -0.2) is 20.1 Å². The van der Waals surface area contributed by atoms with Crippen molar-refractivity contribution in [2.24, 2.45) is 0 Å². The van der Waals surface area contributed by atoms with Crippen LogP contribution < -0.4 is 0 Å². The van der Waals surface area contributed by atoms with Crippen LogP contribution in [0.4, 0.5) is 0 Å². The summed E-state index contributed by atoms with van der Waals surface area (Å²) < 4.78 is 1.37. The van der Waals surface area contributed by atoms with Crippen LogP contribution >= 0.6 is 0 Å². The third-order valence-corrected chi connectivity index (χ3v) is 0.981. The summed E-state index contributed by atoms with van der Waals surface area (Å²) in [5, 5.41) is 23.8. The van der Waals surface area contributed by atoms with Crippen molar-refractivity contribution in [3.8, 4) is 6.07 Å². The van der Waals surface area contributed by atoms with Crippen molar-refractivity contribution in [3.63, 3.8) is 0 Å². The van der Waals surface area contributed by atoms with E-state index < -0.39 is 0 Å². The lowest BCUT2D eigenvalue weighted by Crippen LogP contribution is -1.94. The summed E-state index contributed by atoms with van der Waals surface area (Å²) in [4.78, 5) is 0. The van der Waals surface area contributed by atoms with Crippen LogP contribution in [0.1, 0.15) is 5.69 Å². The number of hydrogen-bond donors (Lipinski definition) is 1. The zero-order valence-corrected chi connectivity index (χ0v) is 5.23. The molecule has 10 heavy (non-hydrogen) atoms. The Balaban J connectivity index is 2.70. The summed E-state index contributed by atoms with van der Waals surface area (Å²) in [5.41, 5.74) is 0.482. The largest absolute Gasteiger partial charge is 0.390 e. The van der Waals surface area contributed by atoms with E-state index >= 15 is 0 Å². The van der Waals surface area contributed by atoms with Gasteiger partial charge < -0.3 is 5.11 Å². The minimum Gasteiger partial charge on any atom is -0.390 e. The van der Waals surface area contributed by atoms with E-state index in [2.05, 4.69) is 10.3 Å². The van der Waals surface area contributed by atoms with Gasteiger partial charge in [0.1, 0.15) is 12.2 Å².